The van der Waals surface area contributed by atoms with Crippen molar-refractivity contribution in [2.75, 3.05) is 11.9 Å². The molecule has 1 N–H and O–H groups in total. The number of benzene rings is 1. The van der Waals surface area contributed by atoms with Gasteiger partial charge in [-0.2, -0.15) is 0 Å². The van der Waals surface area contributed by atoms with Crippen LogP contribution in [0.3, 0.4) is 0 Å². The largest absolute Gasteiger partial charge is 0.356 e. The molecule has 19 heavy (non-hydrogen) atoms. The number of unbranched alkanes of at least 4 members (excludes halogenated alkanes) is 1. The number of anilines is 1. The van der Waals surface area contributed by atoms with Crippen LogP contribution >= 0.6 is 0 Å². The van der Waals surface area contributed by atoms with E-state index in [4.69, 9.17) is 0 Å². The van der Waals surface area contributed by atoms with Crippen molar-refractivity contribution in [1.29, 1.82) is 0 Å². The minimum Gasteiger partial charge on any atom is -0.356 e. The van der Waals surface area contributed by atoms with Crippen LogP contribution in [0.4, 0.5) is 10.3 Å². The second-order valence-electron chi connectivity index (χ2n) is 4.64. The predicted molar refractivity (Wildman–Crippen MR) is 75.8 cm³/mol. The van der Waals surface area contributed by atoms with Gasteiger partial charge in [0.25, 0.3) is 0 Å². The number of nitrogens with zero attached hydrogens (tertiary/aromatic N) is 2. The van der Waals surface area contributed by atoms with Gasteiger partial charge in [-0.1, -0.05) is 31.5 Å². The van der Waals surface area contributed by atoms with Crippen LogP contribution in [0.25, 0.3) is 0 Å². The first-order valence-corrected chi connectivity index (χ1v) is 6.75. The molecule has 2 rings (SSSR count). The van der Waals surface area contributed by atoms with E-state index in [-0.39, 0.29) is 11.9 Å². The van der Waals surface area contributed by atoms with Crippen LogP contribution in [0.1, 0.15) is 38.3 Å². The molecular formula is C15H20FN3. The fourth-order valence-electron chi connectivity index (χ4n) is 2.10. The molecule has 0 aliphatic rings. The lowest BCUT2D eigenvalue weighted by Crippen LogP contribution is -2.13. The van der Waals surface area contributed by atoms with Crippen LogP contribution in [-0.4, -0.2) is 16.1 Å². The van der Waals surface area contributed by atoms with Crippen molar-refractivity contribution in [2.24, 2.45) is 0 Å². The molecule has 0 amide bonds. The Morgan fingerprint density at radius 1 is 1.37 bits per heavy atom. The normalized spacial score (nSPS) is 12.4. The van der Waals surface area contributed by atoms with Gasteiger partial charge in [0.15, 0.2) is 0 Å². The second kappa shape index (κ2) is 6.36. The van der Waals surface area contributed by atoms with E-state index >= 15 is 0 Å². The predicted octanol–water partition coefficient (Wildman–Crippen LogP) is 3.84. The Balaban J connectivity index is 2.18. The Morgan fingerprint density at radius 2 is 2.16 bits per heavy atom. The highest BCUT2D eigenvalue weighted by Gasteiger charge is 2.14. The van der Waals surface area contributed by atoms with Crippen molar-refractivity contribution in [2.45, 2.75) is 32.7 Å². The van der Waals surface area contributed by atoms with E-state index in [9.17, 15) is 4.39 Å². The van der Waals surface area contributed by atoms with Crippen molar-refractivity contribution in [1.82, 2.24) is 9.55 Å². The summed E-state index contributed by atoms with van der Waals surface area (Å²) in [7, 11) is 0. The molecule has 0 saturated heterocycles. The maximum atomic E-state index is 13.8. The summed E-state index contributed by atoms with van der Waals surface area (Å²) in [6.45, 7) is 5.01. The third-order valence-corrected chi connectivity index (χ3v) is 3.25. The minimum atomic E-state index is -0.178. The SMILES string of the molecule is CCCCNc1nccn1C(C)c1ccccc1F. The average molecular weight is 261 g/mol. The topological polar surface area (TPSA) is 29.9 Å². The Hall–Kier alpha value is -1.84. The van der Waals surface area contributed by atoms with Crippen molar-refractivity contribution in [3.05, 3.63) is 48.0 Å². The minimum absolute atomic E-state index is 0.0761. The Kier molecular flexibility index (Phi) is 4.55. The van der Waals surface area contributed by atoms with Gasteiger partial charge in [-0.05, 0) is 19.4 Å². The van der Waals surface area contributed by atoms with Gasteiger partial charge < -0.3 is 9.88 Å². The number of hydrogen-bond acceptors (Lipinski definition) is 2. The highest BCUT2D eigenvalue weighted by Crippen LogP contribution is 2.23. The highest BCUT2D eigenvalue weighted by molar-refractivity contribution is 5.31. The standard InChI is InChI=1S/C15H20FN3/c1-3-4-9-17-15-18-10-11-19(15)12(2)13-7-5-6-8-14(13)16/h5-8,10-12H,3-4,9H2,1-2H3,(H,17,18). The van der Waals surface area contributed by atoms with Gasteiger partial charge in [0.2, 0.25) is 5.95 Å². The summed E-state index contributed by atoms with van der Waals surface area (Å²) in [5, 5.41) is 3.29. The number of aromatic nitrogens is 2. The molecular weight excluding hydrogens is 241 g/mol. The van der Waals surface area contributed by atoms with Gasteiger partial charge in [0, 0.05) is 24.5 Å². The number of imidazole rings is 1. The summed E-state index contributed by atoms with van der Waals surface area (Å²) in [6, 6.07) is 6.80. The average Bonchev–Trinajstić information content (AvgIpc) is 2.87. The van der Waals surface area contributed by atoms with E-state index in [1.165, 1.54) is 6.07 Å². The van der Waals surface area contributed by atoms with E-state index in [0.717, 1.165) is 25.3 Å². The first kappa shape index (κ1) is 13.6. The number of nitrogens with one attached hydrogen (secondary N) is 1. The Labute approximate surface area is 113 Å². The van der Waals surface area contributed by atoms with E-state index in [1.54, 1.807) is 12.3 Å². The van der Waals surface area contributed by atoms with Gasteiger partial charge in [-0.3, -0.25) is 0 Å². The zero-order valence-electron chi connectivity index (χ0n) is 11.4. The molecule has 0 fully saturated rings. The van der Waals surface area contributed by atoms with Crippen LogP contribution < -0.4 is 5.32 Å². The molecule has 0 aliphatic carbocycles. The van der Waals surface area contributed by atoms with E-state index in [1.807, 2.05) is 29.8 Å². The van der Waals surface area contributed by atoms with Gasteiger partial charge in [0.1, 0.15) is 5.82 Å². The Morgan fingerprint density at radius 3 is 2.89 bits per heavy atom. The zero-order valence-corrected chi connectivity index (χ0v) is 11.4. The van der Waals surface area contributed by atoms with Crippen molar-refractivity contribution in [3.63, 3.8) is 0 Å². The highest BCUT2D eigenvalue weighted by atomic mass is 19.1. The molecule has 1 heterocycles. The molecule has 0 spiro atoms. The van der Waals surface area contributed by atoms with Crippen LogP contribution in [0.5, 0.6) is 0 Å². The third-order valence-electron chi connectivity index (χ3n) is 3.25. The van der Waals surface area contributed by atoms with Gasteiger partial charge >= 0.3 is 0 Å². The van der Waals surface area contributed by atoms with Crippen LogP contribution in [0.15, 0.2) is 36.7 Å². The molecule has 0 saturated carbocycles. The summed E-state index contributed by atoms with van der Waals surface area (Å²) < 4.78 is 15.8. The molecule has 102 valence electrons. The quantitative estimate of drug-likeness (QED) is 0.801. The smallest absolute Gasteiger partial charge is 0.203 e. The number of rotatable bonds is 6. The third kappa shape index (κ3) is 3.13. The first-order valence-electron chi connectivity index (χ1n) is 6.75. The van der Waals surface area contributed by atoms with Crippen LogP contribution in [-0.2, 0) is 0 Å². The molecule has 2 aromatic rings. The lowest BCUT2D eigenvalue weighted by Gasteiger charge is -2.18. The Bertz CT molecular complexity index is 522. The van der Waals surface area contributed by atoms with E-state index < -0.39 is 0 Å². The molecule has 3 nitrogen and oxygen atoms in total. The molecule has 4 heteroatoms. The van der Waals surface area contributed by atoms with Crippen LogP contribution in [0.2, 0.25) is 0 Å². The summed E-state index contributed by atoms with van der Waals surface area (Å²) in [5.41, 5.74) is 0.680. The van der Waals surface area contributed by atoms with E-state index in [0.29, 0.717) is 5.56 Å². The van der Waals surface area contributed by atoms with Gasteiger partial charge in [0.05, 0.1) is 6.04 Å². The molecule has 1 unspecified atom stereocenters. The maximum Gasteiger partial charge on any atom is 0.203 e. The molecule has 0 radical (unpaired) electrons. The lowest BCUT2D eigenvalue weighted by atomic mass is 10.1. The summed E-state index contributed by atoms with van der Waals surface area (Å²) in [4.78, 5) is 4.29. The fourth-order valence-corrected chi connectivity index (χ4v) is 2.10. The number of hydrogen-bond donors (Lipinski definition) is 1. The van der Waals surface area contributed by atoms with Gasteiger partial charge in [-0.15, -0.1) is 0 Å². The lowest BCUT2D eigenvalue weighted by molar-refractivity contribution is 0.559. The monoisotopic (exact) mass is 261 g/mol. The van der Waals surface area contributed by atoms with Crippen molar-refractivity contribution >= 4 is 5.95 Å². The van der Waals surface area contributed by atoms with Crippen molar-refractivity contribution < 1.29 is 4.39 Å². The maximum absolute atomic E-state index is 13.8. The summed E-state index contributed by atoms with van der Waals surface area (Å²) in [6.07, 6.45) is 5.86. The summed E-state index contributed by atoms with van der Waals surface area (Å²) in [5.74, 6) is 0.618. The van der Waals surface area contributed by atoms with Crippen molar-refractivity contribution in [3.8, 4) is 0 Å². The number of halogens is 1. The van der Waals surface area contributed by atoms with Gasteiger partial charge in [-0.25, -0.2) is 9.37 Å². The van der Waals surface area contributed by atoms with Crippen LogP contribution in [0, 0.1) is 5.82 Å². The fraction of sp³-hybridized carbons (Fsp3) is 0.400. The molecule has 1 aromatic carbocycles. The van der Waals surface area contributed by atoms with E-state index in [2.05, 4.69) is 17.2 Å². The molecule has 1 aromatic heterocycles. The molecule has 0 aliphatic heterocycles. The molecule has 0 bridgehead atoms. The zero-order chi connectivity index (χ0) is 13.7. The second-order valence-corrected chi connectivity index (χ2v) is 4.64. The first-order chi connectivity index (χ1) is 9.24. The molecule has 1 atom stereocenters. The summed E-state index contributed by atoms with van der Waals surface area (Å²) >= 11 is 0.